The first-order chi connectivity index (χ1) is 12.4. The molecule has 7 heteroatoms. The van der Waals surface area contributed by atoms with Gasteiger partial charge in [0, 0.05) is 16.6 Å². The Labute approximate surface area is 161 Å². The van der Waals surface area contributed by atoms with Gasteiger partial charge in [0.2, 0.25) is 0 Å². The van der Waals surface area contributed by atoms with Crippen LogP contribution < -0.4 is 0 Å². The van der Waals surface area contributed by atoms with Crippen LogP contribution in [0, 0.1) is 0 Å². The number of esters is 1. The van der Waals surface area contributed by atoms with E-state index >= 15 is 0 Å². The second-order valence-corrected chi connectivity index (χ2v) is 8.63. The number of fused-ring (bicyclic) bond motifs is 1. The van der Waals surface area contributed by atoms with E-state index < -0.39 is 16.0 Å². The largest absolute Gasteiger partial charge is 0.421 e. The molecule has 136 valence electrons. The summed E-state index contributed by atoms with van der Waals surface area (Å²) >= 11 is 3.32. The number of ether oxygens (including phenoxy) is 1. The molecule has 0 aliphatic carbocycles. The summed E-state index contributed by atoms with van der Waals surface area (Å²) in [7, 11) is -3.63. The van der Waals surface area contributed by atoms with E-state index in [4.69, 9.17) is 4.74 Å². The first kappa shape index (κ1) is 18.7. The highest BCUT2D eigenvalue weighted by Gasteiger charge is 2.32. The molecule has 0 amide bonds. The Morgan fingerprint density at radius 2 is 1.81 bits per heavy atom. The van der Waals surface area contributed by atoms with Gasteiger partial charge in [0.1, 0.15) is 0 Å². The Morgan fingerprint density at radius 3 is 2.50 bits per heavy atom. The van der Waals surface area contributed by atoms with E-state index in [1.165, 1.54) is 16.6 Å². The van der Waals surface area contributed by atoms with Crippen LogP contribution in [0.3, 0.4) is 0 Å². The molecule has 2 aromatic rings. The summed E-state index contributed by atoms with van der Waals surface area (Å²) in [6.07, 6.45) is 2.98. The average molecular weight is 436 g/mol. The van der Waals surface area contributed by atoms with Crippen LogP contribution in [0.25, 0.3) is 5.76 Å². The van der Waals surface area contributed by atoms with Crippen molar-refractivity contribution in [2.75, 3.05) is 6.54 Å². The normalized spacial score (nSPS) is 15.2. The van der Waals surface area contributed by atoms with Gasteiger partial charge in [-0.25, -0.2) is 13.2 Å². The van der Waals surface area contributed by atoms with E-state index in [-0.39, 0.29) is 10.7 Å². The number of hydrogen-bond acceptors (Lipinski definition) is 4. The monoisotopic (exact) mass is 435 g/mol. The van der Waals surface area contributed by atoms with Gasteiger partial charge < -0.3 is 4.74 Å². The fourth-order valence-corrected chi connectivity index (χ4v) is 4.43. The third-order valence-electron chi connectivity index (χ3n) is 4.02. The van der Waals surface area contributed by atoms with Crippen LogP contribution in [-0.4, -0.2) is 25.2 Å². The first-order valence-electron chi connectivity index (χ1n) is 8.24. The molecule has 0 aromatic heterocycles. The second-order valence-electron chi connectivity index (χ2n) is 5.86. The maximum Gasteiger partial charge on any atom is 0.343 e. The Hall–Kier alpha value is -2.12. The molecule has 0 radical (unpaired) electrons. The molecule has 0 saturated carbocycles. The summed E-state index contributed by atoms with van der Waals surface area (Å²) in [6, 6.07) is 13.3. The van der Waals surface area contributed by atoms with Crippen molar-refractivity contribution in [3.8, 4) is 0 Å². The maximum absolute atomic E-state index is 12.8. The molecule has 0 saturated heterocycles. The third-order valence-corrected chi connectivity index (χ3v) is 6.36. The zero-order chi connectivity index (χ0) is 18.7. The minimum Gasteiger partial charge on any atom is -0.421 e. The first-order valence-corrected chi connectivity index (χ1v) is 10.5. The highest BCUT2D eigenvalue weighted by atomic mass is 79.9. The molecule has 5 nitrogen and oxygen atoms in total. The minimum atomic E-state index is -3.63. The number of rotatable bonds is 5. The maximum atomic E-state index is 12.8. The molecule has 0 unspecified atom stereocenters. The van der Waals surface area contributed by atoms with Crippen molar-refractivity contribution in [3.05, 3.63) is 70.3 Å². The quantitative estimate of drug-likeness (QED) is 0.652. The number of unbranched alkanes of at least 4 members (excludes halogenated alkanes) is 1. The highest BCUT2D eigenvalue weighted by molar-refractivity contribution is 9.10. The van der Waals surface area contributed by atoms with E-state index in [1.807, 2.05) is 6.92 Å². The van der Waals surface area contributed by atoms with Gasteiger partial charge in [-0.3, -0.25) is 4.31 Å². The van der Waals surface area contributed by atoms with Crippen molar-refractivity contribution in [1.29, 1.82) is 0 Å². The molecule has 1 aliphatic rings. The summed E-state index contributed by atoms with van der Waals surface area (Å²) < 4.78 is 33.2. The van der Waals surface area contributed by atoms with Crippen LogP contribution in [0.1, 0.15) is 35.7 Å². The van der Waals surface area contributed by atoms with E-state index in [0.717, 1.165) is 10.9 Å². The average Bonchev–Trinajstić information content (AvgIpc) is 2.63. The number of benzene rings is 2. The van der Waals surface area contributed by atoms with Gasteiger partial charge in [-0.2, -0.15) is 0 Å². The lowest BCUT2D eigenvalue weighted by Gasteiger charge is -2.27. The molecule has 1 heterocycles. The van der Waals surface area contributed by atoms with Crippen molar-refractivity contribution in [2.45, 2.75) is 24.7 Å². The number of carbonyl (C=O) groups excluding carboxylic acids is 1. The van der Waals surface area contributed by atoms with Crippen molar-refractivity contribution in [2.24, 2.45) is 0 Å². The van der Waals surface area contributed by atoms with E-state index in [0.29, 0.717) is 24.1 Å². The SMILES string of the molecule is CCCCN1C=C(OC(=O)c2ccc(Br)cc2)c2ccccc2S1(=O)=O. The Balaban J connectivity index is 1.97. The zero-order valence-corrected chi connectivity index (χ0v) is 16.6. The fourth-order valence-electron chi connectivity index (χ4n) is 2.62. The fraction of sp³-hybridized carbons (Fsp3) is 0.211. The highest BCUT2D eigenvalue weighted by Crippen LogP contribution is 2.33. The third kappa shape index (κ3) is 3.68. The summed E-state index contributed by atoms with van der Waals surface area (Å²) in [4.78, 5) is 12.6. The van der Waals surface area contributed by atoms with Gasteiger partial charge in [0.05, 0.1) is 16.7 Å². The summed E-state index contributed by atoms with van der Waals surface area (Å²) in [6.45, 7) is 2.33. The lowest BCUT2D eigenvalue weighted by Crippen LogP contribution is -2.31. The minimum absolute atomic E-state index is 0.150. The van der Waals surface area contributed by atoms with Crippen molar-refractivity contribution in [3.63, 3.8) is 0 Å². The van der Waals surface area contributed by atoms with Crippen molar-refractivity contribution in [1.82, 2.24) is 4.31 Å². The molecule has 0 N–H and O–H groups in total. The smallest absolute Gasteiger partial charge is 0.343 e. The van der Waals surface area contributed by atoms with E-state index in [9.17, 15) is 13.2 Å². The lowest BCUT2D eigenvalue weighted by molar-refractivity contribution is 0.0689. The number of halogens is 1. The summed E-state index contributed by atoms with van der Waals surface area (Å²) in [5.74, 6) is -0.298. The molecule has 0 fully saturated rings. The standard InChI is InChI=1S/C19H18BrNO4S/c1-2-3-12-21-13-17(16-6-4-5-7-18(16)26(21,23)24)25-19(22)14-8-10-15(20)11-9-14/h4-11,13H,2-3,12H2,1H3. The van der Waals surface area contributed by atoms with Crippen LogP contribution in [0.4, 0.5) is 0 Å². The molecule has 0 atom stereocenters. The Morgan fingerprint density at radius 1 is 1.12 bits per heavy atom. The topological polar surface area (TPSA) is 63.7 Å². The number of carbonyl (C=O) groups is 1. The van der Waals surface area contributed by atoms with Crippen LogP contribution in [0.2, 0.25) is 0 Å². The van der Waals surface area contributed by atoms with E-state index in [2.05, 4.69) is 15.9 Å². The second kappa shape index (κ2) is 7.63. The van der Waals surface area contributed by atoms with Crippen LogP contribution >= 0.6 is 15.9 Å². The van der Waals surface area contributed by atoms with Gasteiger partial charge in [0.25, 0.3) is 10.0 Å². The predicted molar refractivity (Wildman–Crippen MR) is 103 cm³/mol. The molecule has 3 rings (SSSR count). The van der Waals surface area contributed by atoms with E-state index in [1.54, 1.807) is 42.5 Å². The van der Waals surface area contributed by atoms with Gasteiger partial charge in [-0.15, -0.1) is 0 Å². The van der Waals surface area contributed by atoms with Gasteiger partial charge in [-0.1, -0.05) is 41.4 Å². The van der Waals surface area contributed by atoms with Crippen molar-refractivity contribution >= 4 is 37.7 Å². The number of sulfonamides is 1. The summed E-state index contributed by atoms with van der Waals surface area (Å²) in [5, 5.41) is 0. The predicted octanol–water partition coefficient (Wildman–Crippen LogP) is 4.41. The summed E-state index contributed by atoms with van der Waals surface area (Å²) in [5.41, 5.74) is 0.783. The van der Waals surface area contributed by atoms with Gasteiger partial charge in [-0.05, 0) is 42.8 Å². The van der Waals surface area contributed by atoms with Crippen molar-refractivity contribution < 1.29 is 17.9 Å². The molecule has 1 aliphatic heterocycles. The molecular weight excluding hydrogens is 418 g/mol. The molecule has 26 heavy (non-hydrogen) atoms. The molecule has 2 aromatic carbocycles. The zero-order valence-electron chi connectivity index (χ0n) is 14.2. The van der Waals surface area contributed by atoms with Gasteiger partial charge in [0.15, 0.2) is 5.76 Å². The number of nitrogens with zero attached hydrogens (tertiary/aromatic N) is 1. The lowest BCUT2D eigenvalue weighted by atomic mass is 10.2. The van der Waals surface area contributed by atoms with Crippen LogP contribution in [0.15, 0.2) is 64.1 Å². The Bertz CT molecular complexity index is 952. The number of hydrogen-bond donors (Lipinski definition) is 0. The Kier molecular flexibility index (Phi) is 5.48. The molecular formula is C19H18BrNO4S. The molecule has 0 spiro atoms. The molecule has 0 bridgehead atoms. The van der Waals surface area contributed by atoms with Gasteiger partial charge >= 0.3 is 5.97 Å². The van der Waals surface area contributed by atoms with Crippen LogP contribution in [0.5, 0.6) is 0 Å². The van der Waals surface area contributed by atoms with Crippen LogP contribution in [-0.2, 0) is 14.8 Å².